The minimum absolute atomic E-state index is 0.0927. The van der Waals surface area contributed by atoms with Crippen LogP contribution in [-0.4, -0.2) is 41.2 Å². The van der Waals surface area contributed by atoms with Crippen LogP contribution < -0.4 is 0 Å². The van der Waals surface area contributed by atoms with Gasteiger partial charge in [0, 0.05) is 25.9 Å². The first kappa shape index (κ1) is 15.9. The number of methoxy groups -OCH3 is 1. The molecule has 1 aromatic carbocycles. The van der Waals surface area contributed by atoms with Crippen molar-refractivity contribution >= 4 is 5.91 Å². The van der Waals surface area contributed by atoms with Gasteiger partial charge in [0.05, 0.1) is 24.4 Å². The van der Waals surface area contributed by atoms with Crippen LogP contribution in [0.25, 0.3) is 0 Å². The Bertz CT molecular complexity index is 635. The summed E-state index contributed by atoms with van der Waals surface area (Å²) < 4.78 is 18.9. The number of hydrogen-bond acceptors (Lipinski definition) is 4. The topological polar surface area (TPSA) is 62.7 Å². The van der Waals surface area contributed by atoms with Gasteiger partial charge < -0.3 is 14.7 Å². The fourth-order valence-corrected chi connectivity index (χ4v) is 1.99. The highest BCUT2D eigenvalue weighted by atomic mass is 19.1. The molecule has 6 heteroatoms. The molecule has 2 aromatic rings. The molecule has 116 valence electrons. The highest BCUT2D eigenvalue weighted by Gasteiger charge is 2.20. The average molecular weight is 304 g/mol. The van der Waals surface area contributed by atoms with Crippen molar-refractivity contribution in [2.45, 2.75) is 6.54 Å². The predicted octanol–water partition coefficient (Wildman–Crippen LogP) is 2.22. The normalized spacial score (nSPS) is 10.5. The van der Waals surface area contributed by atoms with Crippen LogP contribution in [0.5, 0.6) is 5.75 Å². The van der Waals surface area contributed by atoms with E-state index in [0.29, 0.717) is 18.8 Å². The number of amides is 1. The molecule has 0 bridgehead atoms. The van der Waals surface area contributed by atoms with Gasteiger partial charge in [0.25, 0.3) is 5.91 Å². The minimum atomic E-state index is -0.756. The number of nitrogens with zero attached hydrogens (tertiary/aromatic N) is 2. The fraction of sp³-hybridized carbons (Fsp3) is 0.250. The fourth-order valence-electron chi connectivity index (χ4n) is 1.99. The molecule has 1 amide bonds. The van der Waals surface area contributed by atoms with Crippen LogP contribution in [0, 0.1) is 5.82 Å². The molecule has 0 radical (unpaired) electrons. The molecule has 0 fully saturated rings. The molecule has 22 heavy (non-hydrogen) atoms. The molecule has 1 heterocycles. The van der Waals surface area contributed by atoms with E-state index in [1.165, 1.54) is 24.1 Å². The first-order valence-electron chi connectivity index (χ1n) is 6.78. The number of benzene rings is 1. The highest BCUT2D eigenvalue weighted by Crippen LogP contribution is 2.17. The Labute approximate surface area is 128 Å². The Balaban J connectivity index is 2.22. The number of ether oxygens (including phenoxy) is 1. The Hall–Kier alpha value is -2.47. The van der Waals surface area contributed by atoms with E-state index >= 15 is 0 Å². The van der Waals surface area contributed by atoms with Crippen molar-refractivity contribution in [2.75, 3.05) is 20.3 Å². The van der Waals surface area contributed by atoms with Crippen LogP contribution in [0.1, 0.15) is 16.1 Å². The second-order valence-corrected chi connectivity index (χ2v) is 4.70. The van der Waals surface area contributed by atoms with Gasteiger partial charge >= 0.3 is 0 Å². The molecule has 2 rings (SSSR count). The Kier molecular flexibility index (Phi) is 5.43. The summed E-state index contributed by atoms with van der Waals surface area (Å²) in [6, 6.07) is 8.87. The van der Waals surface area contributed by atoms with Crippen LogP contribution in [0.4, 0.5) is 4.39 Å². The molecular weight excluding hydrogens is 287 g/mol. The van der Waals surface area contributed by atoms with Crippen LogP contribution in [0.2, 0.25) is 0 Å². The molecule has 0 spiro atoms. The monoisotopic (exact) mass is 304 g/mol. The van der Waals surface area contributed by atoms with Crippen LogP contribution >= 0.6 is 0 Å². The zero-order chi connectivity index (χ0) is 15.9. The zero-order valence-electron chi connectivity index (χ0n) is 12.2. The number of hydrogen-bond donors (Lipinski definition) is 1. The lowest BCUT2D eigenvalue weighted by atomic mass is 10.1. The SMILES string of the molecule is COCCN(Cc1ccccn1)C(=O)c1ccc(O)cc1F. The maximum absolute atomic E-state index is 13.9. The smallest absolute Gasteiger partial charge is 0.257 e. The van der Waals surface area contributed by atoms with Crippen molar-refractivity contribution in [1.82, 2.24) is 9.88 Å². The summed E-state index contributed by atoms with van der Waals surface area (Å²) in [7, 11) is 1.53. The maximum Gasteiger partial charge on any atom is 0.257 e. The van der Waals surface area contributed by atoms with E-state index in [1.807, 2.05) is 6.07 Å². The lowest BCUT2D eigenvalue weighted by Crippen LogP contribution is -2.34. The number of phenols is 1. The molecular formula is C16H17FN2O3. The Morgan fingerprint density at radius 2 is 2.18 bits per heavy atom. The number of carbonyl (C=O) groups excluding carboxylic acids is 1. The molecule has 5 nitrogen and oxygen atoms in total. The van der Waals surface area contributed by atoms with Crippen LogP contribution in [0.3, 0.4) is 0 Å². The number of pyridine rings is 1. The number of aromatic hydroxyl groups is 1. The number of rotatable bonds is 6. The van der Waals surface area contributed by atoms with Gasteiger partial charge in [-0.05, 0) is 24.3 Å². The van der Waals surface area contributed by atoms with E-state index in [0.717, 1.165) is 6.07 Å². The van der Waals surface area contributed by atoms with Gasteiger partial charge in [-0.3, -0.25) is 9.78 Å². The second kappa shape index (κ2) is 7.51. The summed E-state index contributed by atoms with van der Waals surface area (Å²) in [5.74, 6) is -1.45. The molecule has 0 saturated heterocycles. The maximum atomic E-state index is 13.9. The van der Waals surface area contributed by atoms with E-state index in [4.69, 9.17) is 4.74 Å². The van der Waals surface area contributed by atoms with Gasteiger partial charge in [0.2, 0.25) is 0 Å². The van der Waals surface area contributed by atoms with Gasteiger partial charge in [-0.25, -0.2) is 4.39 Å². The van der Waals surface area contributed by atoms with Crippen molar-refractivity contribution in [3.05, 3.63) is 59.7 Å². The zero-order valence-corrected chi connectivity index (χ0v) is 12.2. The van der Waals surface area contributed by atoms with E-state index in [9.17, 15) is 14.3 Å². The quantitative estimate of drug-likeness (QED) is 0.889. The first-order chi connectivity index (χ1) is 10.6. The summed E-state index contributed by atoms with van der Waals surface area (Å²) in [6.07, 6.45) is 1.63. The van der Waals surface area contributed by atoms with Gasteiger partial charge in [0.15, 0.2) is 0 Å². The molecule has 0 aliphatic carbocycles. The van der Waals surface area contributed by atoms with Gasteiger partial charge in [-0.1, -0.05) is 6.07 Å². The summed E-state index contributed by atoms with van der Waals surface area (Å²) >= 11 is 0. The van der Waals surface area contributed by atoms with Crippen molar-refractivity contribution in [1.29, 1.82) is 0 Å². The lowest BCUT2D eigenvalue weighted by Gasteiger charge is -2.22. The van der Waals surface area contributed by atoms with Crippen LogP contribution in [0.15, 0.2) is 42.6 Å². The number of aromatic nitrogens is 1. The third kappa shape index (κ3) is 4.02. The first-order valence-corrected chi connectivity index (χ1v) is 6.78. The second-order valence-electron chi connectivity index (χ2n) is 4.70. The van der Waals surface area contributed by atoms with E-state index < -0.39 is 11.7 Å². The Morgan fingerprint density at radius 3 is 2.82 bits per heavy atom. The van der Waals surface area contributed by atoms with Crippen LogP contribution in [-0.2, 0) is 11.3 Å². The van der Waals surface area contributed by atoms with Gasteiger partial charge in [0.1, 0.15) is 11.6 Å². The Morgan fingerprint density at radius 1 is 1.36 bits per heavy atom. The summed E-state index contributed by atoms with van der Waals surface area (Å²) in [4.78, 5) is 18.1. The number of halogens is 1. The number of carbonyl (C=O) groups is 1. The molecule has 0 aliphatic rings. The molecule has 0 saturated carbocycles. The molecule has 1 N–H and O–H groups in total. The van der Waals surface area contributed by atoms with E-state index in [2.05, 4.69) is 4.98 Å². The van der Waals surface area contributed by atoms with Crippen molar-refractivity contribution < 1.29 is 19.0 Å². The number of phenolic OH excluding ortho intramolecular Hbond substituents is 1. The largest absolute Gasteiger partial charge is 0.508 e. The molecule has 1 aromatic heterocycles. The van der Waals surface area contributed by atoms with Gasteiger partial charge in [-0.2, -0.15) is 0 Å². The molecule has 0 atom stereocenters. The van der Waals surface area contributed by atoms with Crippen molar-refractivity contribution in [3.63, 3.8) is 0 Å². The summed E-state index contributed by atoms with van der Waals surface area (Å²) in [5, 5.41) is 9.24. The average Bonchev–Trinajstić information content (AvgIpc) is 2.52. The summed E-state index contributed by atoms with van der Waals surface area (Å²) in [5.41, 5.74) is 0.607. The van der Waals surface area contributed by atoms with Crippen molar-refractivity contribution in [2.24, 2.45) is 0 Å². The predicted molar refractivity (Wildman–Crippen MR) is 78.9 cm³/mol. The molecule has 0 aliphatic heterocycles. The third-order valence-electron chi connectivity index (χ3n) is 3.11. The lowest BCUT2D eigenvalue weighted by molar-refractivity contribution is 0.0673. The van der Waals surface area contributed by atoms with Crippen molar-refractivity contribution in [3.8, 4) is 5.75 Å². The van der Waals surface area contributed by atoms with E-state index in [-0.39, 0.29) is 17.9 Å². The summed E-state index contributed by atoms with van der Waals surface area (Å²) in [6.45, 7) is 0.897. The highest BCUT2D eigenvalue weighted by molar-refractivity contribution is 5.94. The molecule has 0 unspecified atom stereocenters. The minimum Gasteiger partial charge on any atom is -0.508 e. The van der Waals surface area contributed by atoms with E-state index in [1.54, 1.807) is 18.3 Å². The standard InChI is InChI=1S/C16H17FN2O3/c1-22-9-8-19(11-12-4-2-3-7-18-12)16(21)14-6-5-13(20)10-15(14)17/h2-7,10,20H,8-9,11H2,1H3. The van der Waals surface area contributed by atoms with Gasteiger partial charge in [-0.15, -0.1) is 0 Å². The third-order valence-corrected chi connectivity index (χ3v) is 3.11.